The molecule has 0 unspecified atom stereocenters. The Hall–Kier alpha value is -2.05. The molecule has 0 radical (unpaired) electrons. The molecule has 1 N–H and O–H groups in total. The number of nitrogens with one attached hydrogen (secondary N) is 1. The van der Waals surface area contributed by atoms with Gasteiger partial charge in [0.15, 0.2) is 4.34 Å². The molecule has 1 aromatic heterocycles. The molecule has 0 saturated carbocycles. The Morgan fingerprint density at radius 2 is 1.92 bits per heavy atom. The molecule has 3 aromatic rings. The summed E-state index contributed by atoms with van der Waals surface area (Å²) >= 11 is 3.10. The maximum Gasteiger partial charge on any atom is 0.230 e. The van der Waals surface area contributed by atoms with Crippen LogP contribution in [0, 0.1) is 0 Å². The first-order valence-electron chi connectivity index (χ1n) is 7.74. The molecule has 0 atom stereocenters. The van der Waals surface area contributed by atoms with Gasteiger partial charge < -0.3 is 10.1 Å². The molecule has 1 heterocycles. The predicted octanol–water partition coefficient (Wildman–Crippen LogP) is 3.97. The van der Waals surface area contributed by atoms with Gasteiger partial charge in [-0.1, -0.05) is 42.1 Å². The molecule has 1 amide bonds. The molecule has 24 heavy (non-hydrogen) atoms. The van der Waals surface area contributed by atoms with Gasteiger partial charge in [-0.3, -0.25) is 4.79 Å². The second-order valence-corrected chi connectivity index (χ2v) is 7.35. The Bertz CT molecular complexity index is 757. The first kappa shape index (κ1) is 16.8. The molecule has 124 valence electrons. The number of benzene rings is 2. The Morgan fingerprint density at radius 3 is 2.75 bits per heavy atom. The van der Waals surface area contributed by atoms with Gasteiger partial charge in [0, 0.05) is 6.54 Å². The van der Waals surface area contributed by atoms with Crippen LogP contribution in [0.1, 0.15) is 6.42 Å². The molecule has 3 rings (SSSR count). The van der Waals surface area contributed by atoms with Crippen LogP contribution in [0.3, 0.4) is 0 Å². The van der Waals surface area contributed by atoms with E-state index in [0.717, 1.165) is 26.7 Å². The lowest BCUT2D eigenvalue weighted by molar-refractivity contribution is -0.118. The molecule has 0 bridgehead atoms. The van der Waals surface area contributed by atoms with E-state index < -0.39 is 0 Å². The van der Waals surface area contributed by atoms with E-state index in [1.165, 1.54) is 11.8 Å². The normalized spacial score (nSPS) is 10.7. The van der Waals surface area contributed by atoms with Crippen molar-refractivity contribution in [1.82, 2.24) is 10.3 Å². The van der Waals surface area contributed by atoms with Crippen molar-refractivity contribution < 1.29 is 9.53 Å². The molecule has 2 aromatic carbocycles. The quantitative estimate of drug-likeness (QED) is 0.489. The van der Waals surface area contributed by atoms with Crippen molar-refractivity contribution in [2.75, 3.05) is 18.9 Å². The fraction of sp³-hybridized carbons (Fsp3) is 0.222. The molecular formula is C18H18N2O2S2. The van der Waals surface area contributed by atoms with E-state index in [1.807, 2.05) is 54.6 Å². The maximum atomic E-state index is 11.9. The highest BCUT2D eigenvalue weighted by molar-refractivity contribution is 8.01. The number of carbonyl (C=O) groups is 1. The van der Waals surface area contributed by atoms with Crippen molar-refractivity contribution >= 4 is 39.2 Å². The van der Waals surface area contributed by atoms with Crippen molar-refractivity contribution in [3.8, 4) is 5.75 Å². The van der Waals surface area contributed by atoms with E-state index in [4.69, 9.17) is 4.74 Å². The highest BCUT2D eigenvalue weighted by atomic mass is 32.2. The Labute approximate surface area is 149 Å². The highest BCUT2D eigenvalue weighted by Crippen LogP contribution is 2.28. The molecular weight excluding hydrogens is 340 g/mol. The van der Waals surface area contributed by atoms with E-state index in [1.54, 1.807) is 11.3 Å². The lowest BCUT2D eigenvalue weighted by Gasteiger charge is -2.06. The number of hydrogen-bond donors (Lipinski definition) is 1. The number of nitrogens with zero attached hydrogens (tertiary/aromatic N) is 1. The summed E-state index contributed by atoms with van der Waals surface area (Å²) in [6.45, 7) is 1.21. The average Bonchev–Trinajstić information content (AvgIpc) is 3.03. The van der Waals surface area contributed by atoms with Crippen LogP contribution in [0.2, 0.25) is 0 Å². The number of aromatic nitrogens is 1. The molecule has 6 heteroatoms. The summed E-state index contributed by atoms with van der Waals surface area (Å²) in [7, 11) is 0. The van der Waals surface area contributed by atoms with Crippen molar-refractivity contribution in [1.29, 1.82) is 0 Å². The van der Waals surface area contributed by atoms with E-state index in [9.17, 15) is 4.79 Å². The van der Waals surface area contributed by atoms with Crippen molar-refractivity contribution in [2.45, 2.75) is 10.8 Å². The number of ether oxygens (including phenoxy) is 1. The number of rotatable bonds is 8. The fourth-order valence-electron chi connectivity index (χ4n) is 2.10. The largest absolute Gasteiger partial charge is 0.494 e. The van der Waals surface area contributed by atoms with Crippen LogP contribution < -0.4 is 10.1 Å². The number of thiazole rings is 1. The van der Waals surface area contributed by atoms with Gasteiger partial charge in [0.1, 0.15) is 5.75 Å². The second-order valence-electron chi connectivity index (χ2n) is 5.10. The van der Waals surface area contributed by atoms with E-state index >= 15 is 0 Å². The van der Waals surface area contributed by atoms with Crippen LogP contribution in [-0.4, -0.2) is 29.8 Å². The lowest BCUT2D eigenvalue weighted by atomic mass is 10.3. The minimum atomic E-state index is 0.0268. The van der Waals surface area contributed by atoms with Crippen molar-refractivity contribution in [3.63, 3.8) is 0 Å². The van der Waals surface area contributed by atoms with Gasteiger partial charge in [-0.25, -0.2) is 4.98 Å². The fourth-order valence-corrected chi connectivity index (χ4v) is 4.00. The summed E-state index contributed by atoms with van der Waals surface area (Å²) in [4.78, 5) is 16.4. The van der Waals surface area contributed by atoms with Crippen LogP contribution in [0.4, 0.5) is 0 Å². The zero-order valence-corrected chi connectivity index (χ0v) is 14.7. The van der Waals surface area contributed by atoms with Gasteiger partial charge in [0.2, 0.25) is 5.91 Å². The van der Waals surface area contributed by atoms with Crippen LogP contribution in [-0.2, 0) is 4.79 Å². The number of hydrogen-bond acceptors (Lipinski definition) is 5. The van der Waals surface area contributed by atoms with Crippen molar-refractivity contribution in [3.05, 3.63) is 54.6 Å². The van der Waals surface area contributed by atoms with Gasteiger partial charge in [-0.15, -0.1) is 11.3 Å². The number of fused-ring (bicyclic) bond motifs is 1. The summed E-state index contributed by atoms with van der Waals surface area (Å²) in [5, 5.41) is 2.91. The third kappa shape index (κ3) is 4.97. The van der Waals surface area contributed by atoms with Crippen LogP contribution in [0.25, 0.3) is 10.2 Å². The molecule has 4 nitrogen and oxygen atoms in total. The van der Waals surface area contributed by atoms with Gasteiger partial charge in [-0.2, -0.15) is 0 Å². The van der Waals surface area contributed by atoms with Gasteiger partial charge >= 0.3 is 0 Å². The van der Waals surface area contributed by atoms with Crippen molar-refractivity contribution in [2.24, 2.45) is 0 Å². The molecule has 0 saturated heterocycles. The third-order valence-electron chi connectivity index (χ3n) is 3.26. The summed E-state index contributed by atoms with van der Waals surface area (Å²) in [5.41, 5.74) is 0.989. The van der Waals surface area contributed by atoms with Gasteiger partial charge in [-0.05, 0) is 30.7 Å². The maximum absolute atomic E-state index is 11.9. The molecule has 0 fully saturated rings. The summed E-state index contributed by atoms with van der Waals surface area (Å²) in [6, 6.07) is 17.7. The lowest BCUT2D eigenvalue weighted by Crippen LogP contribution is -2.27. The zero-order valence-electron chi connectivity index (χ0n) is 13.1. The third-order valence-corrected chi connectivity index (χ3v) is 5.44. The highest BCUT2D eigenvalue weighted by Gasteiger charge is 2.07. The SMILES string of the molecule is O=C(CSc1nc2ccccc2s1)NCCCOc1ccccc1. The zero-order chi connectivity index (χ0) is 16.6. The Kier molecular flexibility index (Phi) is 6.09. The number of para-hydroxylation sites is 2. The summed E-state index contributed by atoms with van der Waals surface area (Å²) in [5.74, 6) is 1.27. The molecule has 0 spiro atoms. The Balaban J connectivity index is 1.32. The monoisotopic (exact) mass is 358 g/mol. The Morgan fingerprint density at radius 1 is 1.12 bits per heavy atom. The molecule has 0 aliphatic carbocycles. The minimum Gasteiger partial charge on any atom is -0.494 e. The predicted molar refractivity (Wildman–Crippen MR) is 99.9 cm³/mol. The minimum absolute atomic E-state index is 0.0268. The van der Waals surface area contributed by atoms with Crippen LogP contribution in [0.5, 0.6) is 5.75 Å². The average molecular weight is 358 g/mol. The molecule has 0 aliphatic heterocycles. The van der Waals surface area contributed by atoms with E-state index in [0.29, 0.717) is 18.9 Å². The van der Waals surface area contributed by atoms with E-state index in [2.05, 4.69) is 10.3 Å². The van der Waals surface area contributed by atoms with E-state index in [-0.39, 0.29) is 5.91 Å². The number of amides is 1. The summed E-state index contributed by atoms with van der Waals surface area (Å²) < 4.78 is 7.67. The van der Waals surface area contributed by atoms with Crippen LogP contribution >= 0.6 is 23.1 Å². The topological polar surface area (TPSA) is 51.2 Å². The first-order valence-corrected chi connectivity index (χ1v) is 9.54. The van der Waals surface area contributed by atoms with Gasteiger partial charge in [0.25, 0.3) is 0 Å². The standard InChI is InChI=1S/C18H18N2O2S2/c21-17(19-11-6-12-22-14-7-2-1-3-8-14)13-23-18-20-15-9-4-5-10-16(15)24-18/h1-5,7-10H,6,11-13H2,(H,19,21). The summed E-state index contributed by atoms with van der Waals surface area (Å²) in [6.07, 6.45) is 0.784. The number of thioether (sulfide) groups is 1. The second kappa shape index (κ2) is 8.70. The number of carbonyl (C=O) groups excluding carboxylic acids is 1. The first-order chi connectivity index (χ1) is 11.8. The van der Waals surface area contributed by atoms with Crippen LogP contribution in [0.15, 0.2) is 58.9 Å². The van der Waals surface area contributed by atoms with Gasteiger partial charge in [0.05, 0.1) is 22.6 Å². The molecule has 0 aliphatic rings. The smallest absolute Gasteiger partial charge is 0.230 e.